The number of carbonyl (C=O) groups is 3. The molecule has 0 unspecified atom stereocenters. The van der Waals surface area contributed by atoms with Crippen LogP contribution < -0.4 is 10.2 Å². The molecular formula is C22H24N2O5. The SMILES string of the molecule is [2H]c1c([2H])c([2H])c(CC[C@H](N[C@H]2CCc3ccccc3N(CC(=O)O)C2=O)C(=O)O)c([2H])c1[2H]. The van der Waals surface area contributed by atoms with Crippen molar-refractivity contribution in [2.24, 2.45) is 0 Å². The minimum absolute atomic E-state index is 0.00819. The van der Waals surface area contributed by atoms with Gasteiger partial charge in [-0.05, 0) is 42.9 Å². The van der Waals surface area contributed by atoms with Crippen molar-refractivity contribution in [3.8, 4) is 0 Å². The van der Waals surface area contributed by atoms with E-state index in [1.165, 1.54) is 0 Å². The lowest BCUT2D eigenvalue weighted by molar-refractivity contribution is -0.140. The second kappa shape index (κ2) is 9.34. The minimum atomic E-state index is -1.27. The number of rotatable bonds is 8. The van der Waals surface area contributed by atoms with E-state index in [1.54, 1.807) is 24.3 Å². The van der Waals surface area contributed by atoms with Gasteiger partial charge in [-0.1, -0.05) is 48.4 Å². The number of carboxylic acids is 2. The lowest BCUT2D eigenvalue weighted by Gasteiger charge is -2.26. The molecule has 0 saturated heterocycles. The van der Waals surface area contributed by atoms with Gasteiger partial charge in [-0.3, -0.25) is 24.6 Å². The molecule has 1 aliphatic heterocycles. The Morgan fingerprint density at radius 2 is 1.93 bits per heavy atom. The number of fused-ring (bicyclic) bond motifs is 1. The first-order valence-corrected chi connectivity index (χ1v) is 9.18. The zero-order valence-corrected chi connectivity index (χ0v) is 15.6. The minimum Gasteiger partial charge on any atom is -0.480 e. The van der Waals surface area contributed by atoms with E-state index in [2.05, 4.69) is 5.32 Å². The predicted octanol–water partition coefficient (Wildman–Crippen LogP) is 2.09. The molecule has 0 saturated carbocycles. The average Bonchev–Trinajstić information content (AvgIpc) is 2.92. The summed E-state index contributed by atoms with van der Waals surface area (Å²) in [6.45, 7) is -0.575. The summed E-state index contributed by atoms with van der Waals surface area (Å²) >= 11 is 0. The van der Waals surface area contributed by atoms with E-state index in [9.17, 15) is 24.6 Å². The number of hydrogen-bond donors (Lipinski definition) is 3. The third-order valence-electron chi connectivity index (χ3n) is 4.78. The topological polar surface area (TPSA) is 107 Å². The zero-order chi connectivity index (χ0) is 25.2. The molecule has 0 aliphatic carbocycles. The van der Waals surface area contributed by atoms with Crippen LogP contribution in [0.15, 0.2) is 54.5 Å². The molecule has 3 rings (SSSR count). The van der Waals surface area contributed by atoms with Gasteiger partial charge in [0, 0.05) is 5.69 Å². The fraction of sp³-hybridized carbons (Fsp3) is 0.318. The maximum Gasteiger partial charge on any atom is 0.323 e. The van der Waals surface area contributed by atoms with Crippen LogP contribution in [0.25, 0.3) is 0 Å². The lowest BCUT2D eigenvalue weighted by Crippen LogP contribution is -2.52. The molecule has 0 bridgehead atoms. The molecule has 2 atom stereocenters. The number of para-hydroxylation sites is 1. The number of benzene rings is 2. The van der Waals surface area contributed by atoms with Crippen molar-refractivity contribution in [2.75, 3.05) is 11.4 Å². The summed E-state index contributed by atoms with van der Waals surface area (Å²) < 4.78 is 39.2. The molecule has 29 heavy (non-hydrogen) atoms. The van der Waals surface area contributed by atoms with Crippen LogP contribution in [0, 0.1) is 0 Å². The number of nitrogens with one attached hydrogen (secondary N) is 1. The van der Waals surface area contributed by atoms with E-state index in [0.717, 1.165) is 10.5 Å². The Labute approximate surface area is 176 Å². The van der Waals surface area contributed by atoms with Crippen molar-refractivity contribution in [3.05, 3.63) is 65.6 Å². The summed E-state index contributed by atoms with van der Waals surface area (Å²) in [7, 11) is 0. The normalized spacial score (nSPS) is 19.7. The van der Waals surface area contributed by atoms with Crippen LogP contribution in [0.1, 0.15) is 30.8 Å². The number of carbonyl (C=O) groups excluding carboxylic acids is 1. The van der Waals surface area contributed by atoms with Crippen LogP contribution in [0.3, 0.4) is 0 Å². The first-order valence-electron chi connectivity index (χ1n) is 11.7. The number of anilines is 1. The van der Waals surface area contributed by atoms with E-state index >= 15 is 0 Å². The van der Waals surface area contributed by atoms with Gasteiger partial charge in [0.1, 0.15) is 12.6 Å². The summed E-state index contributed by atoms with van der Waals surface area (Å²) in [6.07, 6.45) is 0.397. The molecule has 152 valence electrons. The first kappa shape index (κ1) is 14.8. The largest absolute Gasteiger partial charge is 0.480 e. The van der Waals surface area contributed by atoms with Gasteiger partial charge in [-0.15, -0.1) is 0 Å². The molecule has 1 aliphatic rings. The van der Waals surface area contributed by atoms with Gasteiger partial charge in [0.05, 0.1) is 12.9 Å². The zero-order valence-electron chi connectivity index (χ0n) is 20.6. The van der Waals surface area contributed by atoms with Crippen LogP contribution >= 0.6 is 0 Å². The van der Waals surface area contributed by atoms with E-state index < -0.39 is 66.7 Å². The molecule has 2 aromatic carbocycles. The lowest BCUT2D eigenvalue weighted by atomic mass is 10.0. The van der Waals surface area contributed by atoms with Crippen molar-refractivity contribution in [1.29, 1.82) is 0 Å². The third kappa shape index (κ3) is 5.20. The smallest absolute Gasteiger partial charge is 0.323 e. The van der Waals surface area contributed by atoms with Crippen LogP contribution in [0.4, 0.5) is 5.69 Å². The highest BCUT2D eigenvalue weighted by atomic mass is 16.4. The second-order valence-electron chi connectivity index (χ2n) is 6.74. The van der Waals surface area contributed by atoms with E-state index in [1.807, 2.05) is 0 Å². The predicted molar refractivity (Wildman–Crippen MR) is 108 cm³/mol. The first-order chi connectivity index (χ1) is 16.0. The molecule has 0 aromatic heterocycles. The molecule has 7 nitrogen and oxygen atoms in total. The number of nitrogens with zero attached hydrogens (tertiary/aromatic N) is 1. The van der Waals surface area contributed by atoms with Crippen molar-refractivity contribution >= 4 is 23.5 Å². The number of carboxylic acid groups (broad SMARTS) is 2. The monoisotopic (exact) mass is 401 g/mol. The van der Waals surface area contributed by atoms with Gasteiger partial charge in [-0.2, -0.15) is 0 Å². The van der Waals surface area contributed by atoms with Gasteiger partial charge >= 0.3 is 11.9 Å². The van der Waals surface area contributed by atoms with Crippen LogP contribution in [0.2, 0.25) is 0 Å². The highest BCUT2D eigenvalue weighted by molar-refractivity contribution is 6.02. The van der Waals surface area contributed by atoms with Crippen molar-refractivity contribution in [1.82, 2.24) is 5.32 Å². The molecule has 0 fully saturated rings. The maximum absolute atomic E-state index is 13.2. The summed E-state index contributed by atoms with van der Waals surface area (Å²) in [5, 5.41) is 21.8. The Morgan fingerprint density at radius 1 is 1.21 bits per heavy atom. The quantitative estimate of drug-likeness (QED) is 0.625. The number of aryl methyl sites for hydroxylation is 1. The Kier molecular flexibility index (Phi) is 4.75. The van der Waals surface area contributed by atoms with E-state index in [4.69, 9.17) is 6.85 Å². The van der Waals surface area contributed by atoms with Crippen molar-refractivity contribution in [2.45, 2.75) is 37.8 Å². The average molecular weight is 401 g/mol. The molecule has 1 heterocycles. The standard InChI is InChI=1S/C22H24N2O5/c25-20(26)14-24-19-9-5-4-8-16(19)11-13-17(21(24)27)23-18(22(28)29)12-10-15-6-2-1-3-7-15/h1-9,17-18,23H,10-14H2,(H,25,26)(H,28,29)/t17-,18-/m0/s1/i1D,2D,3D,6D,7D. The fourth-order valence-electron chi connectivity index (χ4n) is 3.38. The molecule has 0 radical (unpaired) electrons. The molecule has 2 aromatic rings. The van der Waals surface area contributed by atoms with Crippen molar-refractivity contribution in [3.63, 3.8) is 0 Å². The van der Waals surface area contributed by atoms with Crippen LogP contribution in [-0.2, 0) is 27.2 Å². The Balaban J connectivity index is 1.83. The Hall–Kier alpha value is -3.19. The van der Waals surface area contributed by atoms with E-state index in [0.29, 0.717) is 12.1 Å². The molecule has 1 amide bonds. The van der Waals surface area contributed by atoms with Gasteiger partial charge < -0.3 is 10.2 Å². The number of aliphatic carboxylic acids is 2. The van der Waals surface area contributed by atoms with Gasteiger partial charge in [0.15, 0.2) is 0 Å². The molecular weight excluding hydrogens is 372 g/mol. The Morgan fingerprint density at radius 3 is 2.62 bits per heavy atom. The third-order valence-corrected chi connectivity index (χ3v) is 4.78. The fourth-order valence-corrected chi connectivity index (χ4v) is 3.38. The van der Waals surface area contributed by atoms with E-state index in [-0.39, 0.29) is 24.8 Å². The molecule has 0 spiro atoms. The maximum atomic E-state index is 13.2. The molecule has 7 heteroatoms. The second-order valence-corrected chi connectivity index (χ2v) is 6.74. The Bertz CT molecular complexity index is 1110. The number of amides is 1. The summed E-state index contributed by atoms with van der Waals surface area (Å²) in [5.41, 5.74) is 1.23. The van der Waals surface area contributed by atoms with Gasteiger partial charge in [0.2, 0.25) is 5.91 Å². The highest BCUT2D eigenvalue weighted by Crippen LogP contribution is 2.27. The number of hydrogen-bond acceptors (Lipinski definition) is 4. The van der Waals surface area contributed by atoms with Crippen LogP contribution in [-0.4, -0.2) is 46.7 Å². The highest BCUT2D eigenvalue weighted by Gasteiger charge is 2.34. The summed E-state index contributed by atoms with van der Waals surface area (Å²) in [4.78, 5) is 37.6. The molecule has 3 N–H and O–H groups in total. The summed E-state index contributed by atoms with van der Waals surface area (Å²) in [5.74, 6) is -3.05. The van der Waals surface area contributed by atoms with Crippen molar-refractivity contribution < 1.29 is 31.5 Å². The van der Waals surface area contributed by atoms with Crippen LogP contribution in [0.5, 0.6) is 0 Å². The summed E-state index contributed by atoms with van der Waals surface area (Å²) in [6, 6.07) is 2.31. The van der Waals surface area contributed by atoms with Gasteiger partial charge in [0.25, 0.3) is 0 Å². The van der Waals surface area contributed by atoms with Gasteiger partial charge in [-0.25, -0.2) is 0 Å².